The van der Waals surface area contributed by atoms with Gasteiger partial charge in [-0.05, 0) is 76.0 Å². The molecule has 0 bridgehead atoms. The molecule has 3 aliphatic carbocycles. The first kappa shape index (κ1) is 28.7. The summed E-state index contributed by atoms with van der Waals surface area (Å²) in [6.07, 6.45) is 13.5. The molecule has 2 saturated heterocycles. The van der Waals surface area contributed by atoms with Gasteiger partial charge in [-0.2, -0.15) is 4.31 Å². The number of carbonyl (C=O) groups is 1. The van der Waals surface area contributed by atoms with Crippen molar-refractivity contribution in [1.29, 1.82) is 0 Å². The van der Waals surface area contributed by atoms with E-state index >= 15 is 4.39 Å². The predicted octanol–water partition coefficient (Wildman–Crippen LogP) is 3.83. The van der Waals surface area contributed by atoms with Crippen molar-refractivity contribution in [2.45, 2.75) is 134 Å². The number of alkyl halides is 1. The van der Waals surface area contributed by atoms with Crippen molar-refractivity contribution in [2.24, 2.45) is 17.3 Å². The van der Waals surface area contributed by atoms with Crippen molar-refractivity contribution in [1.82, 2.24) is 19.8 Å². The maximum absolute atomic E-state index is 15.8. The Hall–Kier alpha value is -0.770. The zero-order valence-corrected chi connectivity index (χ0v) is 24.7. The fourth-order valence-electron chi connectivity index (χ4n) is 9.28. The van der Waals surface area contributed by atoms with Gasteiger partial charge in [0.05, 0.1) is 12.3 Å². The quantitative estimate of drug-likeness (QED) is 0.500. The van der Waals surface area contributed by atoms with Crippen LogP contribution in [0.15, 0.2) is 0 Å². The molecule has 5 aliphatic rings. The number of carbonyl (C=O) groups excluding carboxylic acids is 1. The van der Waals surface area contributed by atoms with Gasteiger partial charge in [0, 0.05) is 49.2 Å². The van der Waals surface area contributed by atoms with Crippen LogP contribution in [0.2, 0.25) is 0 Å². The normalized spacial score (nSPS) is 41.3. The summed E-state index contributed by atoms with van der Waals surface area (Å²) in [4.78, 5) is 16.1. The minimum absolute atomic E-state index is 0.0441. The molecule has 0 spiro atoms. The van der Waals surface area contributed by atoms with Crippen molar-refractivity contribution in [2.75, 3.05) is 25.9 Å². The van der Waals surface area contributed by atoms with E-state index in [0.717, 1.165) is 64.5 Å². The van der Waals surface area contributed by atoms with Crippen LogP contribution in [-0.2, 0) is 14.8 Å². The maximum atomic E-state index is 15.8. The number of amides is 1. The van der Waals surface area contributed by atoms with Crippen LogP contribution in [0.4, 0.5) is 4.39 Å². The molecule has 8 atom stereocenters. The number of fused-ring (bicyclic) bond motifs is 1. The summed E-state index contributed by atoms with van der Waals surface area (Å²) >= 11 is 0. The molecule has 7 nitrogen and oxygen atoms in total. The Morgan fingerprint density at radius 3 is 2.55 bits per heavy atom. The van der Waals surface area contributed by atoms with E-state index in [9.17, 15) is 13.2 Å². The van der Waals surface area contributed by atoms with Gasteiger partial charge in [0.1, 0.15) is 6.17 Å². The molecule has 2 heterocycles. The second-order valence-electron chi connectivity index (χ2n) is 13.3. The standard InChI is InChI=1S/C29H51FN4O3S/c1-4-34(38(3,36)37)24-15-16-33(19-24)23-12-8-11-22(17-23)31-28(35)25-18-29(21-9-6-5-7-10-21)26(30)14-13-20(2)27(29)32-25/h20-27,32H,4-19H2,1-3H3,(H,31,35)/t20?,22-,23?,24+,25?,26?,27?,29?/m1/s1. The average molecular weight is 555 g/mol. The Bertz CT molecular complexity index is 944. The van der Waals surface area contributed by atoms with Gasteiger partial charge in [-0.15, -0.1) is 0 Å². The molecule has 0 aromatic rings. The van der Waals surface area contributed by atoms with E-state index in [4.69, 9.17) is 0 Å². The lowest BCUT2D eigenvalue weighted by Gasteiger charge is -2.51. The monoisotopic (exact) mass is 554 g/mol. The van der Waals surface area contributed by atoms with E-state index in [-0.39, 0.29) is 35.5 Å². The minimum Gasteiger partial charge on any atom is -0.352 e. The van der Waals surface area contributed by atoms with Crippen LogP contribution < -0.4 is 10.6 Å². The molecule has 1 amide bonds. The zero-order valence-electron chi connectivity index (χ0n) is 23.8. The summed E-state index contributed by atoms with van der Waals surface area (Å²) in [5.74, 6) is 0.854. The summed E-state index contributed by atoms with van der Waals surface area (Å²) in [5.41, 5.74) is -0.384. The molecular weight excluding hydrogens is 503 g/mol. The molecule has 0 aromatic heterocycles. The highest BCUT2D eigenvalue weighted by Gasteiger charge is 2.60. The average Bonchev–Trinajstić information content (AvgIpc) is 3.54. The highest BCUT2D eigenvalue weighted by Crippen LogP contribution is 2.56. The number of halogens is 1. The topological polar surface area (TPSA) is 81.8 Å². The molecule has 38 heavy (non-hydrogen) atoms. The molecule has 2 N–H and O–H groups in total. The van der Waals surface area contributed by atoms with Crippen LogP contribution in [0.25, 0.3) is 0 Å². The molecule has 0 radical (unpaired) electrons. The van der Waals surface area contributed by atoms with Crippen LogP contribution in [0.1, 0.15) is 97.3 Å². The molecule has 5 fully saturated rings. The van der Waals surface area contributed by atoms with E-state index in [2.05, 4.69) is 22.5 Å². The third-order valence-corrected chi connectivity index (χ3v) is 12.5. The molecule has 0 aromatic carbocycles. The number of likely N-dealkylation sites (N-methyl/N-ethyl adjacent to an activating group) is 1. The predicted molar refractivity (Wildman–Crippen MR) is 149 cm³/mol. The Kier molecular flexibility index (Phi) is 8.78. The van der Waals surface area contributed by atoms with Crippen molar-refractivity contribution >= 4 is 15.9 Å². The fraction of sp³-hybridized carbons (Fsp3) is 0.966. The lowest BCUT2D eigenvalue weighted by molar-refractivity contribution is -0.124. The number of nitrogens with zero attached hydrogens (tertiary/aromatic N) is 2. The van der Waals surface area contributed by atoms with Crippen LogP contribution in [0.3, 0.4) is 0 Å². The smallest absolute Gasteiger partial charge is 0.237 e. The van der Waals surface area contributed by atoms with Crippen LogP contribution in [0, 0.1) is 17.3 Å². The SMILES string of the molecule is CCN([C@H]1CCN(C2CCC[C@@H](NC(=O)C3CC4(C5CCCCC5)C(F)CCC(C)C4N3)C2)C1)S(C)(=O)=O. The van der Waals surface area contributed by atoms with E-state index in [1.54, 1.807) is 4.31 Å². The molecule has 2 aliphatic heterocycles. The summed E-state index contributed by atoms with van der Waals surface area (Å²) < 4.78 is 41.9. The Morgan fingerprint density at radius 2 is 1.84 bits per heavy atom. The number of sulfonamides is 1. The van der Waals surface area contributed by atoms with Gasteiger partial charge >= 0.3 is 0 Å². The van der Waals surface area contributed by atoms with E-state index in [1.165, 1.54) is 25.5 Å². The van der Waals surface area contributed by atoms with Crippen LogP contribution in [-0.4, -0.2) is 85.8 Å². The summed E-state index contributed by atoms with van der Waals surface area (Å²) in [6, 6.07) is 0.348. The first-order valence-electron chi connectivity index (χ1n) is 15.5. The molecule has 5 rings (SSSR count). The second kappa shape index (κ2) is 11.6. The zero-order chi connectivity index (χ0) is 27.1. The van der Waals surface area contributed by atoms with E-state index < -0.39 is 16.2 Å². The number of hydrogen-bond donors (Lipinski definition) is 2. The van der Waals surface area contributed by atoms with E-state index in [1.807, 2.05) is 6.92 Å². The molecule has 218 valence electrons. The van der Waals surface area contributed by atoms with Crippen molar-refractivity contribution in [3.8, 4) is 0 Å². The molecule has 6 unspecified atom stereocenters. The van der Waals surface area contributed by atoms with E-state index in [0.29, 0.717) is 37.3 Å². The number of likely N-dealkylation sites (tertiary alicyclic amines) is 1. The summed E-state index contributed by atoms with van der Waals surface area (Å²) in [6.45, 7) is 6.36. The third kappa shape index (κ3) is 5.55. The van der Waals surface area contributed by atoms with Crippen molar-refractivity contribution in [3.05, 3.63) is 0 Å². The van der Waals surface area contributed by atoms with Gasteiger partial charge in [-0.25, -0.2) is 12.8 Å². The first-order chi connectivity index (χ1) is 18.1. The number of rotatable bonds is 7. The number of hydrogen-bond acceptors (Lipinski definition) is 5. The van der Waals surface area contributed by atoms with Crippen LogP contribution >= 0.6 is 0 Å². The van der Waals surface area contributed by atoms with Gasteiger partial charge in [0.25, 0.3) is 0 Å². The molecule has 9 heteroatoms. The molecule has 3 saturated carbocycles. The minimum atomic E-state index is -3.20. The Balaban J connectivity index is 1.21. The third-order valence-electron chi connectivity index (χ3n) is 11.1. The maximum Gasteiger partial charge on any atom is 0.237 e. The summed E-state index contributed by atoms with van der Waals surface area (Å²) in [7, 11) is -3.20. The van der Waals surface area contributed by atoms with Gasteiger partial charge in [-0.3, -0.25) is 9.69 Å². The van der Waals surface area contributed by atoms with Gasteiger partial charge < -0.3 is 10.6 Å². The fourth-order valence-corrected chi connectivity index (χ4v) is 10.5. The highest BCUT2D eigenvalue weighted by atomic mass is 32.2. The largest absolute Gasteiger partial charge is 0.352 e. The lowest BCUT2D eigenvalue weighted by atomic mass is 9.56. The Labute approximate surface area is 230 Å². The first-order valence-corrected chi connectivity index (χ1v) is 17.4. The highest BCUT2D eigenvalue weighted by molar-refractivity contribution is 7.88. The van der Waals surface area contributed by atoms with Crippen molar-refractivity contribution < 1.29 is 17.6 Å². The Morgan fingerprint density at radius 1 is 1.08 bits per heavy atom. The van der Waals surface area contributed by atoms with Gasteiger partial charge in [0.2, 0.25) is 15.9 Å². The second-order valence-corrected chi connectivity index (χ2v) is 15.2. The van der Waals surface area contributed by atoms with Crippen molar-refractivity contribution in [3.63, 3.8) is 0 Å². The summed E-state index contributed by atoms with van der Waals surface area (Å²) in [5, 5.41) is 7.07. The van der Waals surface area contributed by atoms with Gasteiger partial charge in [-0.1, -0.05) is 33.1 Å². The molecular formula is C29H51FN4O3S. The lowest BCUT2D eigenvalue weighted by Crippen LogP contribution is -2.55. The van der Waals surface area contributed by atoms with Gasteiger partial charge in [0.15, 0.2) is 0 Å². The number of nitrogens with one attached hydrogen (secondary N) is 2. The van der Waals surface area contributed by atoms with Crippen LogP contribution in [0.5, 0.6) is 0 Å².